The second kappa shape index (κ2) is 12.2. The number of nitrogens with one attached hydrogen (secondary N) is 2. The van der Waals surface area contributed by atoms with Gasteiger partial charge < -0.3 is 15.4 Å². The number of halogens is 2. The number of benzene rings is 3. The van der Waals surface area contributed by atoms with E-state index in [0.717, 1.165) is 5.56 Å². The average molecular weight is 552 g/mol. The summed E-state index contributed by atoms with van der Waals surface area (Å²) in [7, 11) is 0. The second-order valence-corrected chi connectivity index (χ2v) is 9.43. The van der Waals surface area contributed by atoms with Crippen LogP contribution in [0.2, 0.25) is 10.0 Å². The first-order valence-electron chi connectivity index (χ1n) is 12.2. The summed E-state index contributed by atoms with van der Waals surface area (Å²) in [6, 6.07) is 19.7. The maximum Gasteiger partial charge on any atom is 0.338 e. The Morgan fingerprint density at radius 2 is 1.76 bits per heavy atom. The van der Waals surface area contributed by atoms with Gasteiger partial charge in [-0.3, -0.25) is 9.69 Å². The van der Waals surface area contributed by atoms with Crippen LogP contribution in [-0.4, -0.2) is 36.0 Å². The zero-order valence-corrected chi connectivity index (χ0v) is 22.5. The molecule has 38 heavy (non-hydrogen) atoms. The molecular formula is C29H27Cl2N3O4. The van der Waals surface area contributed by atoms with Crippen LogP contribution < -0.4 is 10.6 Å². The van der Waals surface area contributed by atoms with Gasteiger partial charge in [-0.05, 0) is 54.8 Å². The second-order valence-electron chi connectivity index (χ2n) is 8.59. The summed E-state index contributed by atoms with van der Waals surface area (Å²) in [6.07, 6.45) is 0.694. The fourth-order valence-corrected chi connectivity index (χ4v) is 4.84. The molecule has 0 saturated heterocycles. The van der Waals surface area contributed by atoms with E-state index in [-0.39, 0.29) is 23.2 Å². The van der Waals surface area contributed by atoms with Gasteiger partial charge in [0.25, 0.3) is 5.91 Å². The van der Waals surface area contributed by atoms with Gasteiger partial charge in [0.1, 0.15) is 0 Å². The molecule has 3 aromatic rings. The molecule has 0 bridgehead atoms. The summed E-state index contributed by atoms with van der Waals surface area (Å²) in [6.45, 7) is 4.30. The lowest BCUT2D eigenvalue weighted by Crippen LogP contribution is -2.48. The van der Waals surface area contributed by atoms with Crippen molar-refractivity contribution in [2.45, 2.75) is 26.3 Å². The van der Waals surface area contributed by atoms with E-state index in [9.17, 15) is 14.4 Å². The van der Waals surface area contributed by atoms with Crippen molar-refractivity contribution >= 4 is 52.5 Å². The van der Waals surface area contributed by atoms with Gasteiger partial charge >= 0.3 is 12.0 Å². The van der Waals surface area contributed by atoms with E-state index in [1.165, 1.54) is 6.07 Å². The smallest absolute Gasteiger partial charge is 0.338 e. The topological polar surface area (TPSA) is 87.7 Å². The monoisotopic (exact) mass is 551 g/mol. The predicted molar refractivity (Wildman–Crippen MR) is 149 cm³/mol. The third-order valence-electron chi connectivity index (χ3n) is 5.97. The van der Waals surface area contributed by atoms with Crippen LogP contribution in [0.25, 0.3) is 5.70 Å². The highest BCUT2D eigenvalue weighted by molar-refractivity contribution is 6.37. The Hall–Kier alpha value is -3.81. The molecule has 3 aromatic carbocycles. The van der Waals surface area contributed by atoms with Crippen molar-refractivity contribution in [1.82, 2.24) is 10.2 Å². The molecule has 2 N–H and O–H groups in total. The summed E-state index contributed by atoms with van der Waals surface area (Å²) in [4.78, 5) is 41.2. The fourth-order valence-electron chi connectivity index (χ4n) is 4.34. The lowest BCUT2D eigenvalue weighted by molar-refractivity contribution is -0.138. The molecule has 0 fully saturated rings. The number of anilines is 1. The van der Waals surface area contributed by atoms with E-state index in [0.29, 0.717) is 40.5 Å². The van der Waals surface area contributed by atoms with Crippen LogP contribution >= 0.6 is 23.2 Å². The van der Waals surface area contributed by atoms with Crippen molar-refractivity contribution in [2.24, 2.45) is 0 Å². The molecule has 9 heteroatoms. The van der Waals surface area contributed by atoms with E-state index in [1.54, 1.807) is 48.2 Å². The Balaban J connectivity index is 1.78. The predicted octanol–water partition coefficient (Wildman–Crippen LogP) is 6.70. The molecular weight excluding hydrogens is 525 g/mol. The Bertz CT molecular complexity index is 1390. The summed E-state index contributed by atoms with van der Waals surface area (Å²) in [5.41, 5.74) is 2.88. The van der Waals surface area contributed by atoms with Gasteiger partial charge in [0.15, 0.2) is 0 Å². The molecule has 0 spiro atoms. The van der Waals surface area contributed by atoms with Gasteiger partial charge in [0, 0.05) is 17.3 Å². The molecule has 0 aliphatic carbocycles. The number of carbonyl (C=O) groups is 3. The molecule has 1 aliphatic rings. The lowest BCUT2D eigenvalue weighted by Gasteiger charge is -2.37. The Morgan fingerprint density at radius 1 is 1.00 bits per heavy atom. The highest BCUT2D eigenvalue weighted by atomic mass is 35.5. The number of carbonyl (C=O) groups excluding carboxylic acids is 3. The number of hydrogen-bond donors (Lipinski definition) is 2. The van der Waals surface area contributed by atoms with E-state index >= 15 is 0 Å². The highest BCUT2D eigenvalue weighted by Gasteiger charge is 2.38. The Morgan fingerprint density at radius 3 is 2.45 bits per heavy atom. The molecule has 1 aliphatic heterocycles. The van der Waals surface area contributed by atoms with Crippen LogP contribution in [0.5, 0.6) is 0 Å². The maximum atomic E-state index is 13.4. The molecule has 1 unspecified atom stereocenters. The quantitative estimate of drug-likeness (QED) is 0.305. The van der Waals surface area contributed by atoms with Crippen molar-refractivity contribution in [3.63, 3.8) is 0 Å². The normalized spacial score (nSPS) is 15.2. The Kier molecular flexibility index (Phi) is 8.71. The molecule has 7 nitrogen and oxygen atoms in total. The minimum atomic E-state index is -0.805. The molecule has 0 saturated carbocycles. The SMILES string of the molecule is CCCN1C(=O)NC(c2cccc(NC(=O)c3ccc(Cl)cc3Cl)c2)C(C(=O)OCC)=C1c1ccccc1. The standard InChI is InChI=1S/C29H27Cl2N3O4/c1-3-15-34-26(18-9-6-5-7-10-18)24(28(36)38-4-2)25(33-29(34)37)19-11-8-12-21(16-19)32-27(35)22-14-13-20(30)17-23(22)31/h5-14,16-17,25H,3-4,15H2,1-2H3,(H,32,35)(H,33,37). The summed E-state index contributed by atoms with van der Waals surface area (Å²) in [5, 5.41) is 6.44. The van der Waals surface area contributed by atoms with Gasteiger partial charge in [-0.2, -0.15) is 0 Å². The van der Waals surface area contributed by atoms with Crippen molar-refractivity contribution in [3.05, 3.63) is 105 Å². The number of urea groups is 1. The van der Waals surface area contributed by atoms with Crippen LogP contribution in [-0.2, 0) is 9.53 Å². The first-order valence-corrected chi connectivity index (χ1v) is 13.0. The molecule has 1 heterocycles. The summed E-state index contributed by atoms with van der Waals surface area (Å²) in [5.74, 6) is -0.948. The zero-order chi connectivity index (χ0) is 27.2. The first-order chi connectivity index (χ1) is 18.3. The zero-order valence-electron chi connectivity index (χ0n) is 21.0. The minimum absolute atomic E-state index is 0.177. The molecule has 196 valence electrons. The van der Waals surface area contributed by atoms with Crippen LogP contribution in [0.15, 0.2) is 78.4 Å². The third kappa shape index (κ3) is 5.85. The van der Waals surface area contributed by atoms with E-state index in [4.69, 9.17) is 27.9 Å². The lowest BCUT2D eigenvalue weighted by atomic mass is 9.91. The van der Waals surface area contributed by atoms with Crippen molar-refractivity contribution in [1.29, 1.82) is 0 Å². The Labute approximate surface area is 231 Å². The number of ether oxygens (including phenoxy) is 1. The highest BCUT2D eigenvalue weighted by Crippen LogP contribution is 2.37. The van der Waals surface area contributed by atoms with Crippen molar-refractivity contribution in [3.8, 4) is 0 Å². The van der Waals surface area contributed by atoms with E-state index in [1.807, 2.05) is 37.3 Å². The average Bonchev–Trinajstić information content (AvgIpc) is 2.90. The van der Waals surface area contributed by atoms with Crippen LogP contribution in [0.4, 0.5) is 10.5 Å². The van der Waals surface area contributed by atoms with Crippen LogP contribution in [0.3, 0.4) is 0 Å². The maximum absolute atomic E-state index is 13.4. The molecule has 4 rings (SSSR count). The van der Waals surface area contributed by atoms with Crippen LogP contribution in [0.1, 0.15) is 47.8 Å². The van der Waals surface area contributed by atoms with Crippen LogP contribution in [0, 0.1) is 0 Å². The molecule has 0 radical (unpaired) electrons. The fraction of sp³-hybridized carbons (Fsp3) is 0.207. The van der Waals surface area contributed by atoms with Crippen molar-refractivity contribution < 1.29 is 19.1 Å². The van der Waals surface area contributed by atoms with E-state index < -0.39 is 17.9 Å². The minimum Gasteiger partial charge on any atom is -0.463 e. The summed E-state index contributed by atoms with van der Waals surface area (Å²) >= 11 is 12.2. The van der Waals surface area contributed by atoms with Gasteiger partial charge in [-0.25, -0.2) is 9.59 Å². The number of esters is 1. The van der Waals surface area contributed by atoms with E-state index in [2.05, 4.69) is 10.6 Å². The first kappa shape index (κ1) is 27.2. The summed E-state index contributed by atoms with van der Waals surface area (Å²) < 4.78 is 5.45. The third-order valence-corrected chi connectivity index (χ3v) is 6.52. The van der Waals surface area contributed by atoms with Crippen molar-refractivity contribution in [2.75, 3.05) is 18.5 Å². The number of amides is 3. The largest absolute Gasteiger partial charge is 0.463 e. The molecule has 1 atom stereocenters. The van der Waals surface area contributed by atoms with Gasteiger partial charge in [-0.1, -0.05) is 72.6 Å². The molecule has 3 amide bonds. The number of hydrogen-bond acceptors (Lipinski definition) is 4. The van der Waals surface area contributed by atoms with Gasteiger partial charge in [0.2, 0.25) is 0 Å². The van der Waals surface area contributed by atoms with Gasteiger partial charge in [0.05, 0.1) is 34.5 Å². The molecule has 0 aromatic heterocycles. The number of rotatable bonds is 8. The van der Waals surface area contributed by atoms with Gasteiger partial charge in [-0.15, -0.1) is 0 Å². The number of nitrogens with zero attached hydrogens (tertiary/aromatic N) is 1.